The molecule has 2 amide bonds. The van der Waals surface area contributed by atoms with E-state index in [9.17, 15) is 34.9 Å². The Bertz CT molecular complexity index is 1090. The number of ether oxygens (including phenoxy) is 2. The van der Waals surface area contributed by atoms with E-state index in [1.807, 2.05) is 0 Å². The van der Waals surface area contributed by atoms with Crippen molar-refractivity contribution in [3.05, 3.63) is 79.9 Å². The molecule has 0 bridgehead atoms. The normalized spacial score (nSPS) is 17.8. The maximum atomic E-state index is 12.6. The lowest BCUT2D eigenvalue weighted by atomic mass is 10.1. The van der Waals surface area contributed by atoms with Gasteiger partial charge in [-0.25, -0.2) is 9.59 Å². The molecule has 2 aromatic rings. The SMILES string of the molecule is CC(C[C@@H]1C[C@@H](O)CN1C(=O)OCc1ccc([N+](=O)[O-])cc1)NC(=O)OCc1ccc([N+](=O)[O-])cc1. The molecule has 2 N–H and O–H groups in total. The van der Waals surface area contributed by atoms with Crippen molar-refractivity contribution in [3.63, 3.8) is 0 Å². The second kappa shape index (κ2) is 11.9. The van der Waals surface area contributed by atoms with E-state index >= 15 is 0 Å². The summed E-state index contributed by atoms with van der Waals surface area (Å²) in [7, 11) is 0. The molecule has 1 unspecified atom stereocenters. The Morgan fingerprint density at radius 3 is 2.00 bits per heavy atom. The second-order valence-corrected chi connectivity index (χ2v) is 8.45. The minimum atomic E-state index is -0.733. The molecule has 0 saturated carbocycles. The monoisotopic (exact) mass is 502 g/mol. The van der Waals surface area contributed by atoms with Crippen LogP contribution in [-0.4, -0.2) is 56.8 Å². The number of non-ortho nitro benzene ring substituents is 2. The number of aliphatic hydroxyl groups excluding tert-OH is 1. The standard InChI is InChI=1S/C23H26N4O9/c1-15(24-22(29)35-13-16-2-6-18(7-3-16)26(31)32)10-20-11-21(28)12-25(20)23(30)36-14-17-4-8-19(9-5-17)27(33)34/h2-9,15,20-21,28H,10-14H2,1H3,(H,24,29)/t15?,20-,21-/m1/s1. The van der Waals surface area contributed by atoms with Gasteiger partial charge in [-0.1, -0.05) is 0 Å². The topological polar surface area (TPSA) is 174 Å². The number of carbonyl (C=O) groups excluding carboxylic acids is 2. The number of benzene rings is 2. The molecule has 192 valence electrons. The van der Waals surface area contributed by atoms with Crippen LogP contribution in [0.4, 0.5) is 21.0 Å². The molecule has 1 saturated heterocycles. The predicted molar refractivity (Wildman–Crippen MR) is 125 cm³/mol. The van der Waals surface area contributed by atoms with Gasteiger partial charge in [0, 0.05) is 36.3 Å². The van der Waals surface area contributed by atoms with Crippen LogP contribution in [0.3, 0.4) is 0 Å². The van der Waals surface area contributed by atoms with E-state index in [0.29, 0.717) is 24.0 Å². The molecule has 1 heterocycles. The Morgan fingerprint density at radius 2 is 1.50 bits per heavy atom. The number of nitrogens with zero attached hydrogens (tertiary/aromatic N) is 3. The number of rotatable bonds is 9. The second-order valence-electron chi connectivity index (χ2n) is 8.45. The summed E-state index contributed by atoms with van der Waals surface area (Å²) in [6.45, 7) is 1.66. The third kappa shape index (κ3) is 7.37. The first kappa shape index (κ1) is 26.3. The number of nitrogens with one attached hydrogen (secondary N) is 1. The molecular weight excluding hydrogens is 476 g/mol. The first-order valence-corrected chi connectivity index (χ1v) is 11.1. The van der Waals surface area contributed by atoms with Gasteiger partial charge in [0.1, 0.15) is 13.2 Å². The number of β-amino-alcohol motifs (C(OH)–C–C–N with tert-alkyl or cyclic N) is 1. The Hall–Kier alpha value is -4.26. The van der Waals surface area contributed by atoms with Gasteiger partial charge in [0.2, 0.25) is 0 Å². The average molecular weight is 502 g/mol. The number of nitro groups is 2. The number of hydrogen-bond acceptors (Lipinski definition) is 9. The first-order valence-electron chi connectivity index (χ1n) is 11.1. The maximum Gasteiger partial charge on any atom is 0.410 e. The molecule has 1 aliphatic rings. The first-order chi connectivity index (χ1) is 17.1. The van der Waals surface area contributed by atoms with E-state index in [-0.39, 0.29) is 37.2 Å². The number of amides is 2. The molecule has 0 aromatic heterocycles. The summed E-state index contributed by atoms with van der Waals surface area (Å²) >= 11 is 0. The molecule has 3 rings (SSSR count). The zero-order valence-electron chi connectivity index (χ0n) is 19.4. The number of aliphatic hydroxyl groups is 1. The quantitative estimate of drug-likeness (QED) is 0.385. The lowest BCUT2D eigenvalue weighted by molar-refractivity contribution is -0.385. The molecule has 13 heteroatoms. The summed E-state index contributed by atoms with van der Waals surface area (Å²) in [5, 5.41) is 34.2. The largest absolute Gasteiger partial charge is 0.445 e. The molecule has 3 atom stereocenters. The van der Waals surface area contributed by atoms with Crippen LogP contribution in [0.2, 0.25) is 0 Å². The third-order valence-corrected chi connectivity index (χ3v) is 5.64. The molecule has 0 radical (unpaired) electrons. The van der Waals surface area contributed by atoms with E-state index in [1.165, 1.54) is 53.4 Å². The van der Waals surface area contributed by atoms with E-state index < -0.39 is 34.2 Å². The van der Waals surface area contributed by atoms with Gasteiger partial charge in [0.15, 0.2) is 0 Å². The maximum absolute atomic E-state index is 12.6. The lowest BCUT2D eigenvalue weighted by Gasteiger charge is -2.26. The van der Waals surface area contributed by atoms with Crippen LogP contribution in [0.1, 0.15) is 30.9 Å². The molecule has 1 aliphatic heterocycles. The highest BCUT2D eigenvalue weighted by Gasteiger charge is 2.36. The summed E-state index contributed by atoms with van der Waals surface area (Å²) in [6, 6.07) is 10.5. The smallest absolute Gasteiger partial charge is 0.410 e. The zero-order valence-corrected chi connectivity index (χ0v) is 19.4. The van der Waals surface area contributed by atoms with Gasteiger partial charge < -0.3 is 24.8 Å². The molecule has 1 fully saturated rings. The minimum Gasteiger partial charge on any atom is -0.445 e. The van der Waals surface area contributed by atoms with E-state index in [2.05, 4.69) is 5.32 Å². The molecule has 0 spiro atoms. The van der Waals surface area contributed by atoms with Crippen LogP contribution < -0.4 is 5.32 Å². The van der Waals surface area contributed by atoms with Crippen LogP contribution in [0, 0.1) is 20.2 Å². The van der Waals surface area contributed by atoms with E-state index in [1.54, 1.807) is 6.92 Å². The van der Waals surface area contributed by atoms with E-state index in [4.69, 9.17) is 9.47 Å². The van der Waals surface area contributed by atoms with Crippen molar-refractivity contribution in [2.45, 2.75) is 51.2 Å². The van der Waals surface area contributed by atoms with Crippen molar-refractivity contribution in [1.29, 1.82) is 0 Å². The van der Waals surface area contributed by atoms with Crippen LogP contribution in [0.15, 0.2) is 48.5 Å². The highest BCUT2D eigenvalue weighted by atomic mass is 16.6. The van der Waals surface area contributed by atoms with Gasteiger partial charge >= 0.3 is 12.2 Å². The molecule has 13 nitrogen and oxygen atoms in total. The summed E-state index contributed by atoms with van der Waals surface area (Å²) < 4.78 is 10.5. The minimum absolute atomic E-state index is 0.0635. The van der Waals surface area contributed by atoms with Crippen molar-refractivity contribution in [2.75, 3.05) is 6.54 Å². The lowest BCUT2D eigenvalue weighted by Crippen LogP contribution is -2.42. The van der Waals surface area contributed by atoms with Crippen molar-refractivity contribution in [2.24, 2.45) is 0 Å². The van der Waals surface area contributed by atoms with Crippen LogP contribution in [0.5, 0.6) is 0 Å². The number of hydrogen-bond donors (Lipinski definition) is 2. The fourth-order valence-corrected chi connectivity index (χ4v) is 3.85. The number of nitro benzene ring substituents is 2. The number of carbonyl (C=O) groups is 2. The Kier molecular flexibility index (Phi) is 8.73. The van der Waals surface area contributed by atoms with E-state index in [0.717, 1.165) is 0 Å². The van der Waals surface area contributed by atoms with Crippen LogP contribution in [-0.2, 0) is 22.7 Å². The Balaban J connectivity index is 1.46. The number of likely N-dealkylation sites (tertiary alicyclic amines) is 1. The predicted octanol–water partition coefficient (Wildman–Crippen LogP) is 3.28. The zero-order chi connectivity index (χ0) is 26.2. The Labute approximate surface area is 205 Å². The van der Waals surface area contributed by atoms with Crippen molar-refractivity contribution in [1.82, 2.24) is 10.2 Å². The van der Waals surface area contributed by atoms with Crippen molar-refractivity contribution >= 4 is 23.6 Å². The van der Waals surface area contributed by atoms with Crippen molar-refractivity contribution in [3.8, 4) is 0 Å². The summed E-state index contributed by atoms with van der Waals surface area (Å²) in [5.74, 6) is 0. The van der Waals surface area contributed by atoms with Crippen LogP contribution in [0.25, 0.3) is 0 Å². The molecule has 36 heavy (non-hydrogen) atoms. The van der Waals surface area contributed by atoms with Gasteiger partial charge in [0.05, 0.1) is 22.5 Å². The van der Waals surface area contributed by atoms with Crippen LogP contribution >= 0.6 is 0 Å². The van der Waals surface area contributed by atoms with Gasteiger partial charge in [-0.05, 0) is 55.2 Å². The number of alkyl carbamates (subject to hydrolysis) is 1. The highest BCUT2D eigenvalue weighted by Crippen LogP contribution is 2.24. The van der Waals surface area contributed by atoms with Crippen molar-refractivity contribution < 1.29 is 34.0 Å². The summed E-state index contributed by atoms with van der Waals surface area (Å²) in [5.41, 5.74) is 1.03. The average Bonchev–Trinajstić information content (AvgIpc) is 3.21. The molecule has 2 aromatic carbocycles. The van der Waals surface area contributed by atoms with Gasteiger partial charge in [-0.2, -0.15) is 0 Å². The highest BCUT2D eigenvalue weighted by molar-refractivity contribution is 5.69. The van der Waals surface area contributed by atoms with Gasteiger partial charge in [-0.3, -0.25) is 20.2 Å². The molecular formula is C23H26N4O9. The van der Waals surface area contributed by atoms with Gasteiger partial charge in [-0.15, -0.1) is 0 Å². The Morgan fingerprint density at radius 1 is 1.00 bits per heavy atom. The van der Waals surface area contributed by atoms with Gasteiger partial charge in [0.25, 0.3) is 11.4 Å². The third-order valence-electron chi connectivity index (χ3n) is 5.64. The summed E-state index contributed by atoms with van der Waals surface area (Å²) in [6.07, 6.45) is -1.40. The molecule has 0 aliphatic carbocycles. The fourth-order valence-electron chi connectivity index (χ4n) is 3.85. The summed E-state index contributed by atoms with van der Waals surface area (Å²) in [4.78, 5) is 46.6. The fraction of sp³-hybridized carbons (Fsp3) is 0.391.